The summed E-state index contributed by atoms with van der Waals surface area (Å²) in [6.45, 7) is 0. The van der Waals surface area contributed by atoms with Crippen LogP contribution in [0.3, 0.4) is 0 Å². The Kier molecular flexibility index (Phi) is 3.58. The van der Waals surface area contributed by atoms with E-state index in [1.807, 2.05) is 11.3 Å². The molecule has 0 bridgehead atoms. The van der Waals surface area contributed by atoms with Crippen LogP contribution < -0.4 is 11.3 Å². The fraction of sp³-hybridized carbons (Fsp3) is 0.600. The van der Waals surface area contributed by atoms with Crippen LogP contribution in [0.5, 0.6) is 0 Å². The predicted molar refractivity (Wildman–Crippen MR) is 35.4 cm³/mol. The second-order valence-electron chi connectivity index (χ2n) is 1.67. The van der Waals surface area contributed by atoms with Gasteiger partial charge in [0.2, 0.25) is 0 Å². The van der Waals surface area contributed by atoms with Crippen molar-refractivity contribution >= 4 is 11.6 Å². The van der Waals surface area contributed by atoms with Crippen molar-refractivity contribution in [2.75, 3.05) is 0 Å². The number of hydrogen-bond donors (Lipinski definition) is 2. The van der Waals surface area contributed by atoms with Crippen molar-refractivity contribution in [2.24, 2.45) is 5.84 Å². The Morgan fingerprint density at radius 1 is 1.80 bits per heavy atom. The standard InChI is InChI=1S/C5H7ClF2N2/c1-2-3-4(10-9)5(6,7)8/h1,4,10H,3,9H2. The molecule has 3 N–H and O–H groups in total. The van der Waals surface area contributed by atoms with E-state index in [1.165, 1.54) is 0 Å². The first-order valence-corrected chi connectivity index (χ1v) is 2.86. The Bertz CT molecular complexity index is 138. The summed E-state index contributed by atoms with van der Waals surface area (Å²) in [5.74, 6) is 6.75. The van der Waals surface area contributed by atoms with Crippen molar-refractivity contribution in [3.05, 3.63) is 0 Å². The van der Waals surface area contributed by atoms with Gasteiger partial charge in [0.05, 0.1) is 0 Å². The van der Waals surface area contributed by atoms with Gasteiger partial charge in [0, 0.05) is 6.42 Å². The number of halogens is 3. The summed E-state index contributed by atoms with van der Waals surface area (Å²) in [7, 11) is 0. The maximum absolute atomic E-state index is 12.1. The molecule has 10 heavy (non-hydrogen) atoms. The summed E-state index contributed by atoms with van der Waals surface area (Å²) in [6.07, 6.45) is 4.56. The van der Waals surface area contributed by atoms with E-state index in [2.05, 4.69) is 11.6 Å². The molecule has 1 unspecified atom stereocenters. The van der Waals surface area contributed by atoms with Crippen molar-refractivity contribution in [3.63, 3.8) is 0 Å². The average molecular weight is 169 g/mol. The molecule has 0 aromatic heterocycles. The number of rotatable bonds is 3. The van der Waals surface area contributed by atoms with E-state index >= 15 is 0 Å². The fourth-order valence-corrected chi connectivity index (χ4v) is 0.527. The molecule has 0 aliphatic heterocycles. The average Bonchev–Trinajstić information content (AvgIpc) is 1.80. The molecular weight excluding hydrogens is 162 g/mol. The Labute approximate surface area is 62.7 Å². The van der Waals surface area contributed by atoms with Crippen LogP contribution in [-0.2, 0) is 0 Å². The molecule has 0 rings (SSSR count). The molecule has 58 valence electrons. The van der Waals surface area contributed by atoms with Crippen LogP contribution in [0.25, 0.3) is 0 Å². The summed E-state index contributed by atoms with van der Waals surface area (Å²) in [5.41, 5.74) is 1.82. The molecule has 2 nitrogen and oxygen atoms in total. The Balaban J connectivity index is 3.97. The van der Waals surface area contributed by atoms with Crippen LogP contribution in [0.15, 0.2) is 0 Å². The van der Waals surface area contributed by atoms with E-state index in [0.717, 1.165) is 0 Å². The van der Waals surface area contributed by atoms with Gasteiger partial charge in [-0.25, -0.2) is 5.43 Å². The summed E-state index contributed by atoms with van der Waals surface area (Å²) in [6, 6.07) is -1.36. The van der Waals surface area contributed by atoms with E-state index in [0.29, 0.717) is 0 Å². The number of hydrogen-bond acceptors (Lipinski definition) is 2. The summed E-state index contributed by atoms with van der Waals surface area (Å²) >= 11 is 4.61. The monoisotopic (exact) mass is 168 g/mol. The van der Waals surface area contributed by atoms with Gasteiger partial charge >= 0.3 is 5.38 Å². The van der Waals surface area contributed by atoms with Crippen LogP contribution in [0.4, 0.5) is 8.78 Å². The Hall–Kier alpha value is -0.370. The molecular formula is C5H7ClF2N2. The SMILES string of the molecule is C#CCC(NN)C(F)(F)Cl. The number of nitrogens with two attached hydrogens (primary N) is 1. The Morgan fingerprint density at radius 2 is 2.30 bits per heavy atom. The van der Waals surface area contributed by atoms with Crippen LogP contribution in [0, 0.1) is 12.3 Å². The van der Waals surface area contributed by atoms with Crippen LogP contribution in [0.1, 0.15) is 6.42 Å². The number of terminal acetylenes is 1. The third-order valence-electron chi connectivity index (χ3n) is 0.918. The zero-order chi connectivity index (χ0) is 8.20. The van der Waals surface area contributed by atoms with E-state index in [1.54, 1.807) is 0 Å². The van der Waals surface area contributed by atoms with Crippen molar-refractivity contribution in [2.45, 2.75) is 17.8 Å². The van der Waals surface area contributed by atoms with Gasteiger partial charge < -0.3 is 0 Å². The van der Waals surface area contributed by atoms with Crippen LogP contribution >= 0.6 is 11.6 Å². The number of alkyl halides is 3. The number of nitrogens with one attached hydrogen (secondary N) is 1. The maximum atomic E-state index is 12.1. The highest BCUT2D eigenvalue weighted by molar-refractivity contribution is 6.22. The van der Waals surface area contributed by atoms with Gasteiger partial charge in [-0.3, -0.25) is 5.84 Å². The van der Waals surface area contributed by atoms with Gasteiger partial charge in [0.25, 0.3) is 0 Å². The van der Waals surface area contributed by atoms with E-state index in [-0.39, 0.29) is 6.42 Å². The maximum Gasteiger partial charge on any atom is 0.338 e. The highest BCUT2D eigenvalue weighted by atomic mass is 35.5. The largest absolute Gasteiger partial charge is 0.338 e. The third-order valence-corrected chi connectivity index (χ3v) is 1.18. The number of hydrazine groups is 1. The van der Waals surface area contributed by atoms with E-state index in [4.69, 9.17) is 12.3 Å². The zero-order valence-electron chi connectivity index (χ0n) is 5.07. The Morgan fingerprint density at radius 3 is 2.40 bits per heavy atom. The summed E-state index contributed by atoms with van der Waals surface area (Å²) in [5, 5.41) is -3.39. The zero-order valence-corrected chi connectivity index (χ0v) is 5.83. The van der Waals surface area contributed by atoms with E-state index < -0.39 is 11.4 Å². The molecule has 0 aromatic carbocycles. The first kappa shape index (κ1) is 9.63. The summed E-state index contributed by atoms with van der Waals surface area (Å²) in [4.78, 5) is 0. The van der Waals surface area contributed by atoms with Gasteiger partial charge in [0.1, 0.15) is 6.04 Å². The first-order valence-electron chi connectivity index (χ1n) is 2.48. The fourth-order valence-electron chi connectivity index (χ4n) is 0.387. The van der Waals surface area contributed by atoms with Crippen molar-refractivity contribution in [3.8, 4) is 12.3 Å². The van der Waals surface area contributed by atoms with Gasteiger partial charge in [-0.05, 0) is 11.6 Å². The first-order chi connectivity index (χ1) is 4.52. The molecule has 0 saturated heterocycles. The quantitative estimate of drug-likeness (QED) is 0.281. The minimum atomic E-state index is -3.39. The van der Waals surface area contributed by atoms with E-state index in [9.17, 15) is 8.78 Å². The molecule has 0 saturated carbocycles. The van der Waals surface area contributed by atoms with Crippen LogP contribution in [-0.4, -0.2) is 11.4 Å². The second kappa shape index (κ2) is 3.71. The molecule has 0 heterocycles. The molecule has 0 aliphatic rings. The molecule has 1 atom stereocenters. The van der Waals surface area contributed by atoms with Crippen LogP contribution in [0.2, 0.25) is 0 Å². The lowest BCUT2D eigenvalue weighted by Gasteiger charge is -2.17. The third kappa shape index (κ3) is 2.97. The highest BCUT2D eigenvalue weighted by Gasteiger charge is 2.35. The minimum Gasteiger partial charge on any atom is -0.271 e. The van der Waals surface area contributed by atoms with Gasteiger partial charge in [-0.1, -0.05) is 0 Å². The predicted octanol–water partition coefficient (Wildman–Crippen LogP) is 0.673. The minimum absolute atomic E-state index is 0.201. The van der Waals surface area contributed by atoms with Gasteiger partial charge in [-0.2, -0.15) is 8.78 Å². The van der Waals surface area contributed by atoms with Crippen molar-refractivity contribution in [1.82, 2.24) is 5.43 Å². The smallest absolute Gasteiger partial charge is 0.271 e. The molecule has 0 radical (unpaired) electrons. The molecule has 0 spiro atoms. The molecule has 0 fully saturated rings. The molecule has 5 heteroatoms. The lowest BCUT2D eigenvalue weighted by Crippen LogP contribution is -2.45. The van der Waals surface area contributed by atoms with Crippen molar-refractivity contribution in [1.29, 1.82) is 0 Å². The van der Waals surface area contributed by atoms with Crippen molar-refractivity contribution < 1.29 is 8.78 Å². The van der Waals surface area contributed by atoms with Gasteiger partial charge in [-0.15, -0.1) is 12.3 Å². The molecule has 0 aliphatic carbocycles. The highest BCUT2D eigenvalue weighted by Crippen LogP contribution is 2.24. The second-order valence-corrected chi connectivity index (χ2v) is 2.17. The lowest BCUT2D eigenvalue weighted by molar-refractivity contribution is 0.0522. The topological polar surface area (TPSA) is 38.0 Å². The molecule has 0 aromatic rings. The normalized spacial score (nSPS) is 14.3. The lowest BCUT2D eigenvalue weighted by atomic mass is 10.2. The molecule has 0 amide bonds. The summed E-state index contributed by atoms with van der Waals surface area (Å²) < 4.78 is 24.2. The van der Waals surface area contributed by atoms with Gasteiger partial charge in [0.15, 0.2) is 0 Å².